The minimum Gasteiger partial charge on any atom is -0.476 e. The first-order chi connectivity index (χ1) is 16.6. The van der Waals surface area contributed by atoms with Gasteiger partial charge in [0.1, 0.15) is 28.3 Å². The molecule has 10 nitrogen and oxygen atoms in total. The van der Waals surface area contributed by atoms with E-state index in [1.165, 1.54) is 6.07 Å². The lowest BCUT2D eigenvalue weighted by Gasteiger charge is -2.08. The van der Waals surface area contributed by atoms with Crippen molar-refractivity contribution in [1.82, 2.24) is 15.0 Å². The largest absolute Gasteiger partial charge is 0.476 e. The number of unbranched alkanes of at least 4 members (excludes halogenated alkanes) is 1. The fourth-order valence-corrected chi connectivity index (χ4v) is 3.12. The van der Waals surface area contributed by atoms with Crippen LogP contribution in [0.25, 0.3) is 0 Å². The first-order valence-corrected chi connectivity index (χ1v) is 12.1. The second-order valence-electron chi connectivity index (χ2n) is 7.23. The van der Waals surface area contributed by atoms with Crippen LogP contribution in [-0.2, 0) is 14.3 Å². The molecule has 2 aromatic heterocycles. The number of esters is 1. The fraction of sp³-hybridized carbons (Fsp3) is 0.476. The molecule has 0 aliphatic heterocycles. The molecule has 3 rings (SSSR count). The minimum atomic E-state index is -1.17. The Bertz CT molecular complexity index is 1040. The van der Waals surface area contributed by atoms with E-state index in [4.69, 9.17) is 71.5 Å². The van der Waals surface area contributed by atoms with Crippen molar-refractivity contribution in [3.63, 3.8) is 0 Å². The van der Waals surface area contributed by atoms with Crippen LogP contribution < -0.4 is 10.5 Å². The van der Waals surface area contributed by atoms with Gasteiger partial charge in [0.25, 0.3) is 0 Å². The number of anilines is 1. The summed E-state index contributed by atoms with van der Waals surface area (Å²) in [7, 11) is 0. The van der Waals surface area contributed by atoms with Gasteiger partial charge in [-0.3, -0.25) is 0 Å². The molecule has 0 radical (unpaired) electrons. The zero-order chi connectivity index (χ0) is 26.0. The molecule has 2 aromatic rings. The van der Waals surface area contributed by atoms with Crippen molar-refractivity contribution in [2.24, 2.45) is 0 Å². The first kappa shape index (κ1) is 29.1. The molecule has 0 unspecified atom stereocenters. The summed E-state index contributed by atoms with van der Waals surface area (Å²) in [5.41, 5.74) is 5.27. The lowest BCUT2D eigenvalue weighted by atomic mass is 10.3. The molecule has 0 spiro atoms. The van der Waals surface area contributed by atoms with Gasteiger partial charge in [-0.15, -0.1) is 0 Å². The summed E-state index contributed by atoms with van der Waals surface area (Å²) in [4.78, 5) is 33.8. The lowest BCUT2D eigenvalue weighted by molar-refractivity contribution is -0.147. The second kappa shape index (κ2) is 14.4. The van der Waals surface area contributed by atoms with Crippen LogP contribution in [0.4, 0.5) is 5.82 Å². The predicted octanol–water partition coefficient (Wildman–Crippen LogP) is 5.07. The molecule has 192 valence electrons. The molecule has 1 aliphatic carbocycles. The van der Waals surface area contributed by atoms with Crippen LogP contribution in [0.5, 0.6) is 5.88 Å². The zero-order valence-corrected chi connectivity index (χ0v) is 21.8. The maximum absolute atomic E-state index is 11.4. The second-order valence-corrected chi connectivity index (χ2v) is 8.78. The van der Waals surface area contributed by atoms with Crippen molar-refractivity contribution >= 4 is 64.2 Å². The highest BCUT2D eigenvalue weighted by Crippen LogP contribution is 2.39. The molecule has 1 saturated carbocycles. The summed E-state index contributed by atoms with van der Waals surface area (Å²) >= 11 is 23.0. The summed E-state index contributed by atoms with van der Waals surface area (Å²) in [6.45, 7) is 2.95. The Labute approximate surface area is 222 Å². The van der Waals surface area contributed by atoms with Crippen molar-refractivity contribution in [1.29, 1.82) is 0 Å². The molecule has 0 amide bonds. The number of nitrogens with zero attached hydrogens (tertiary/aromatic N) is 3. The topological polar surface area (TPSA) is 147 Å². The van der Waals surface area contributed by atoms with Crippen LogP contribution in [0.2, 0.25) is 20.2 Å². The molecule has 1 aliphatic rings. The Kier molecular flexibility index (Phi) is 12.0. The van der Waals surface area contributed by atoms with Crippen LogP contribution in [0.15, 0.2) is 6.07 Å². The number of aromatic nitrogens is 3. The van der Waals surface area contributed by atoms with E-state index in [1.54, 1.807) is 0 Å². The number of carboxylic acids is 1. The zero-order valence-electron chi connectivity index (χ0n) is 18.7. The fourth-order valence-electron chi connectivity index (χ4n) is 2.41. The van der Waals surface area contributed by atoms with Crippen LogP contribution >= 0.6 is 46.4 Å². The summed E-state index contributed by atoms with van der Waals surface area (Å²) < 4.78 is 15.3. The van der Waals surface area contributed by atoms with E-state index >= 15 is 0 Å². The number of hydrogen-bond acceptors (Lipinski definition) is 9. The van der Waals surface area contributed by atoms with Gasteiger partial charge in [-0.1, -0.05) is 59.7 Å². The van der Waals surface area contributed by atoms with Crippen LogP contribution in [0, 0.1) is 0 Å². The van der Waals surface area contributed by atoms with E-state index < -0.39 is 11.9 Å². The SMILES string of the molecule is CCCCOCCOC(=O)COc1nc(Cl)c(Cl)cc1Cl.Nc1nc(C2CC2)nc(C(=O)O)c1Cl. The molecule has 0 aromatic carbocycles. The van der Waals surface area contributed by atoms with Crippen molar-refractivity contribution < 1.29 is 28.9 Å². The number of carbonyl (C=O) groups excluding carboxylic acids is 1. The highest BCUT2D eigenvalue weighted by atomic mass is 35.5. The minimum absolute atomic E-state index is 0.0298. The molecule has 1 fully saturated rings. The van der Waals surface area contributed by atoms with Gasteiger partial charge in [0.2, 0.25) is 5.88 Å². The number of hydrogen-bond donors (Lipinski definition) is 2. The maximum atomic E-state index is 11.4. The number of ether oxygens (including phenoxy) is 3. The molecule has 0 bridgehead atoms. The number of pyridine rings is 1. The molecule has 0 saturated heterocycles. The number of aromatic carboxylic acids is 1. The Morgan fingerprint density at radius 1 is 1.09 bits per heavy atom. The Hall–Kier alpha value is -2.11. The predicted molar refractivity (Wildman–Crippen MR) is 132 cm³/mol. The monoisotopic (exact) mass is 568 g/mol. The van der Waals surface area contributed by atoms with E-state index in [0.717, 1.165) is 25.7 Å². The Balaban J connectivity index is 0.000000266. The third-order valence-corrected chi connectivity index (χ3v) is 5.67. The Morgan fingerprint density at radius 2 is 1.80 bits per heavy atom. The van der Waals surface area contributed by atoms with Gasteiger partial charge in [0.05, 0.1) is 11.6 Å². The summed E-state index contributed by atoms with van der Waals surface area (Å²) in [5, 5.41) is 9.13. The van der Waals surface area contributed by atoms with Gasteiger partial charge in [-0.2, -0.15) is 4.98 Å². The van der Waals surface area contributed by atoms with Crippen molar-refractivity contribution in [2.45, 2.75) is 38.5 Å². The van der Waals surface area contributed by atoms with Gasteiger partial charge in [0.15, 0.2) is 17.5 Å². The van der Waals surface area contributed by atoms with E-state index in [-0.39, 0.29) is 56.7 Å². The molecule has 0 atom stereocenters. The van der Waals surface area contributed by atoms with Crippen LogP contribution in [-0.4, -0.2) is 58.4 Å². The number of carboxylic acid groups (broad SMARTS) is 1. The number of carbonyl (C=O) groups is 2. The molecular formula is C21H24Cl4N4O6. The van der Waals surface area contributed by atoms with Gasteiger partial charge >= 0.3 is 11.9 Å². The summed E-state index contributed by atoms with van der Waals surface area (Å²) in [6, 6.07) is 1.39. The van der Waals surface area contributed by atoms with E-state index in [0.29, 0.717) is 19.0 Å². The molecule has 14 heteroatoms. The van der Waals surface area contributed by atoms with E-state index in [2.05, 4.69) is 21.9 Å². The number of halogens is 4. The quantitative estimate of drug-likeness (QED) is 0.213. The summed E-state index contributed by atoms with van der Waals surface area (Å²) in [6.07, 6.45) is 4.02. The van der Waals surface area contributed by atoms with Crippen molar-refractivity contribution in [3.05, 3.63) is 37.8 Å². The van der Waals surface area contributed by atoms with Gasteiger partial charge in [0, 0.05) is 12.5 Å². The number of rotatable bonds is 11. The van der Waals surface area contributed by atoms with E-state index in [1.807, 2.05) is 0 Å². The molecule has 35 heavy (non-hydrogen) atoms. The van der Waals surface area contributed by atoms with Gasteiger partial charge < -0.3 is 25.1 Å². The average molecular weight is 570 g/mol. The first-order valence-electron chi connectivity index (χ1n) is 10.6. The van der Waals surface area contributed by atoms with Gasteiger partial charge in [-0.05, 0) is 25.3 Å². The van der Waals surface area contributed by atoms with E-state index in [9.17, 15) is 9.59 Å². The highest BCUT2D eigenvalue weighted by Gasteiger charge is 2.29. The summed E-state index contributed by atoms with van der Waals surface area (Å²) in [5.74, 6) is -0.899. The third kappa shape index (κ3) is 9.81. The van der Waals surface area contributed by atoms with Crippen LogP contribution in [0.1, 0.15) is 54.8 Å². The Morgan fingerprint density at radius 3 is 2.43 bits per heavy atom. The third-order valence-electron chi connectivity index (χ3n) is 4.35. The molecular weight excluding hydrogens is 546 g/mol. The van der Waals surface area contributed by atoms with Crippen molar-refractivity contribution in [2.75, 3.05) is 32.2 Å². The van der Waals surface area contributed by atoms with Gasteiger partial charge in [-0.25, -0.2) is 19.6 Å². The smallest absolute Gasteiger partial charge is 0.356 e. The highest BCUT2D eigenvalue weighted by molar-refractivity contribution is 6.42. The van der Waals surface area contributed by atoms with Crippen LogP contribution in [0.3, 0.4) is 0 Å². The standard InChI is InChI=1S/C13H16Cl3NO4.C8H8ClN3O2/c1-2-3-4-19-5-6-20-11(18)8-21-13-10(15)7-9(14)12(16)17-13;9-4-5(8(13)14)11-7(3-1-2-3)12-6(4)10/h7H,2-6,8H2,1H3;3H,1-2H2,(H,13,14)(H2,10,11,12). The number of nitrogens with two attached hydrogens (primary N) is 1. The van der Waals surface area contributed by atoms with Crippen molar-refractivity contribution in [3.8, 4) is 5.88 Å². The molecule has 2 heterocycles. The number of nitrogen functional groups attached to an aromatic ring is 1. The lowest BCUT2D eigenvalue weighted by Crippen LogP contribution is -2.18. The molecule has 3 N–H and O–H groups in total. The normalized spacial score (nSPS) is 12.5. The average Bonchev–Trinajstić information content (AvgIpc) is 3.65. The maximum Gasteiger partial charge on any atom is 0.356 e.